The second kappa shape index (κ2) is 8.80. The lowest BCUT2D eigenvalue weighted by molar-refractivity contribution is 0.544. The van der Waals surface area contributed by atoms with Crippen LogP contribution in [-0.4, -0.2) is 0 Å². The molecule has 0 radical (unpaired) electrons. The maximum atomic E-state index is 2.21. The molecule has 0 aliphatic rings. The topological polar surface area (TPSA) is 0 Å². The van der Waals surface area contributed by atoms with Gasteiger partial charge in [-0.1, -0.05) is 70.6 Å². The van der Waals surface area contributed by atoms with E-state index in [4.69, 9.17) is 0 Å². The fraction of sp³-hybridized carbons (Fsp3) is 0.571. The lowest BCUT2D eigenvalue weighted by Gasteiger charge is -2.09. The van der Waals surface area contributed by atoms with Gasteiger partial charge in [-0.05, 0) is 19.3 Å². The Bertz CT molecular complexity index is 197. The van der Waals surface area contributed by atoms with Gasteiger partial charge in [0.15, 0.2) is 0 Å². The van der Waals surface area contributed by atoms with Gasteiger partial charge in [-0.15, -0.1) is 0 Å². The normalized spacial score (nSPS) is 13.2. The van der Waals surface area contributed by atoms with E-state index in [2.05, 4.69) is 58.1 Å². The number of allylic oxidation sites excluding steroid dienone is 6. The monoisotopic (exact) mass is 194 g/mol. The quantitative estimate of drug-likeness (QED) is 0.534. The molecule has 0 fully saturated rings. The zero-order valence-electron chi connectivity index (χ0n) is 10.9. The average Bonchev–Trinajstić information content (AvgIpc) is 2.06. The highest BCUT2D eigenvalue weighted by Gasteiger charge is 2.01. The molecular weight excluding hydrogens is 168 g/mol. The second-order valence-corrected chi connectivity index (χ2v) is 4.14. The van der Waals surface area contributed by atoms with Crippen LogP contribution in [0.4, 0.5) is 0 Å². The Hall–Kier alpha value is -0.780. The fourth-order valence-corrected chi connectivity index (χ4v) is 0.807. The first-order valence-corrected chi connectivity index (χ1v) is 5.44. The fourth-order valence-electron chi connectivity index (χ4n) is 0.807. The Morgan fingerprint density at radius 1 is 1.07 bits per heavy atom. The van der Waals surface area contributed by atoms with Crippen LogP contribution in [-0.2, 0) is 0 Å². The van der Waals surface area contributed by atoms with E-state index in [9.17, 15) is 0 Å². The van der Waals surface area contributed by atoms with Crippen LogP contribution in [0.2, 0.25) is 0 Å². The van der Waals surface area contributed by atoms with Gasteiger partial charge in [0.1, 0.15) is 0 Å². The molecule has 0 rings (SSSR count). The number of rotatable bonds is 2. The minimum absolute atomic E-state index is 0.284. The van der Waals surface area contributed by atoms with Crippen LogP contribution in [0.15, 0.2) is 36.0 Å². The zero-order valence-corrected chi connectivity index (χ0v) is 10.9. The molecule has 0 saturated carbocycles. The third kappa shape index (κ3) is 13.8. The Balaban J connectivity index is 0. The van der Waals surface area contributed by atoms with Gasteiger partial charge in [-0.2, -0.15) is 0 Å². The molecule has 0 spiro atoms. The summed E-state index contributed by atoms with van der Waals surface area (Å²) >= 11 is 0. The molecule has 14 heavy (non-hydrogen) atoms. The predicted molar refractivity (Wildman–Crippen MR) is 68.5 cm³/mol. The van der Waals surface area contributed by atoms with Gasteiger partial charge >= 0.3 is 0 Å². The minimum atomic E-state index is 0.284. The van der Waals surface area contributed by atoms with Crippen LogP contribution in [0.1, 0.15) is 48.5 Å². The van der Waals surface area contributed by atoms with Crippen molar-refractivity contribution in [2.45, 2.75) is 48.5 Å². The third-order valence-electron chi connectivity index (χ3n) is 1.38. The van der Waals surface area contributed by atoms with E-state index >= 15 is 0 Å². The first-order valence-electron chi connectivity index (χ1n) is 5.44. The molecule has 0 amide bonds. The SMILES string of the molecule is CC.C\C=C/C(C)=C\C=C\C(C)(C)C. The van der Waals surface area contributed by atoms with Gasteiger partial charge in [0.2, 0.25) is 0 Å². The first kappa shape index (κ1) is 15.7. The summed E-state index contributed by atoms with van der Waals surface area (Å²) in [6, 6.07) is 0. The van der Waals surface area contributed by atoms with Crippen molar-refractivity contribution in [3.05, 3.63) is 36.0 Å². The maximum absolute atomic E-state index is 2.21. The summed E-state index contributed by atoms with van der Waals surface area (Å²) in [4.78, 5) is 0. The second-order valence-electron chi connectivity index (χ2n) is 4.14. The third-order valence-corrected chi connectivity index (χ3v) is 1.38. The van der Waals surface area contributed by atoms with Crippen LogP contribution in [0.5, 0.6) is 0 Å². The van der Waals surface area contributed by atoms with Gasteiger partial charge in [0.05, 0.1) is 0 Å². The molecule has 0 nitrogen and oxygen atoms in total. The summed E-state index contributed by atoms with van der Waals surface area (Å²) in [5, 5.41) is 0. The van der Waals surface area contributed by atoms with E-state index in [0.717, 1.165) is 0 Å². The van der Waals surface area contributed by atoms with Crippen molar-refractivity contribution < 1.29 is 0 Å². The standard InChI is InChI=1S/C12H20.C2H6/c1-6-8-11(2)9-7-10-12(3,4)5;1-2/h6-10H,1-5H3;1-2H3/b8-6-,10-7+,11-9-;. The molecule has 0 heterocycles. The van der Waals surface area contributed by atoms with Crippen molar-refractivity contribution in [3.8, 4) is 0 Å². The lowest BCUT2D eigenvalue weighted by atomic mass is 9.96. The molecule has 0 bridgehead atoms. The maximum Gasteiger partial charge on any atom is -0.0200 e. The van der Waals surface area contributed by atoms with Gasteiger partial charge in [0, 0.05) is 0 Å². The first-order chi connectivity index (χ1) is 6.45. The van der Waals surface area contributed by atoms with Crippen molar-refractivity contribution in [3.63, 3.8) is 0 Å². The largest absolute Gasteiger partial charge is 0.0874 e. The molecule has 0 unspecified atom stereocenters. The van der Waals surface area contributed by atoms with Crippen molar-refractivity contribution in [1.29, 1.82) is 0 Å². The molecule has 0 N–H and O–H groups in total. The van der Waals surface area contributed by atoms with Crippen LogP contribution >= 0.6 is 0 Å². The van der Waals surface area contributed by atoms with Crippen molar-refractivity contribution in [1.82, 2.24) is 0 Å². The van der Waals surface area contributed by atoms with E-state index in [1.165, 1.54) is 5.57 Å². The summed E-state index contributed by atoms with van der Waals surface area (Å²) in [6.45, 7) is 14.7. The van der Waals surface area contributed by atoms with Crippen LogP contribution in [0.25, 0.3) is 0 Å². The van der Waals surface area contributed by atoms with Crippen molar-refractivity contribution in [2.75, 3.05) is 0 Å². The Morgan fingerprint density at radius 2 is 1.57 bits per heavy atom. The zero-order chi connectivity index (χ0) is 11.6. The predicted octanol–water partition coefficient (Wildman–Crippen LogP) is 5.14. The summed E-state index contributed by atoms with van der Waals surface area (Å²) in [5.74, 6) is 0. The highest BCUT2D eigenvalue weighted by molar-refractivity contribution is 5.21. The van der Waals surface area contributed by atoms with Gasteiger partial charge in [-0.3, -0.25) is 0 Å². The van der Waals surface area contributed by atoms with E-state index in [0.29, 0.717) is 0 Å². The van der Waals surface area contributed by atoms with E-state index in [1.54, 1.807) is 0 Å². The molecule has 0 aliphatic carbocycles. The molecule has 0 saturated heterocycles. The highest BCUT2D eigenvalue weighted by atomic mass is 14.1. The molecule has 0 aromatic heterocycles. The van der Waals surface area contributed by atoms with E-state index in [1.807, 2.05) is 20.8 Å². The molecule has 0 aromatic carbocycles. The summed E-state index contributed by atoms with van der Waals surface area (Å²) in [5.41, 5.74) is 1.57. The molecule has 82 valence electrons. The van der Waals surface area contributed by atoms with Gasteiger partial charge < -0.3 is 0 Å². The highest BCUT2D eigenvalue weighted by Crippen LogP contribution is 2.14. The Labute approximate surface area is 90.4 Å². The molecule has 0 aliphatic heterocycles. The van der Waals surface area contributed by atoms with Crippen LogP contribution in [0.3, 0.4) is 0 Å². The van der Waals surface area contributed by atoms with Crippen molar-refractivity contribution >= 4 is 0 Å². The Kier molecular flexibility index (Phi) is 9.86. The molecular formula is C14H26. The van der Waals surface area contributed by atoms with Crippen LogP contribution in [0, 0.1) is 5.41 Å². The lowest BCUT2D eigenvalue weighted by Crippen LogP contribution is -1.97. The molecule has 0 heteroatoms. The summed E-state index contributed by atoms with van der Waals surface area (Å²) < 4.78 is 0. The van der Waals surface area contributed by atoms with Gasteiger partial charge in [0.25, 0.3) is 0 Å². The smallest absolute Gasteiger partial charge is 0.0200 e. The van der Waals surface area contributed by atoms with E-state index in [-0.39, 0.29) is 5.41 Å². The Morgan fingerprint density at radius 3 is 1.93 bits per heavy atom. The van der Waals surface area contributed by atoms with Crippen molar-refractivity contribution in [2.24, 2.45) is 5.41 Å². The van der Waals surface area contributed by atoms with E-state index < -0.39 is 0 Å². The number of hydrogen-bond donors (Lipinski definition) is 0. The summed E-state index contributed by atoms with van der Waals surface area (Å²) in [7, 11) is 0. The average molecular weight is 194 g/mol. The van der Waals surface area contributed by atoms with Gasteiger partial charge in [-0.25, -0.2) is 0 Å². The summed E-state index contributed by atoms with van der Waals surface area (Å²) in [6.07, 6.45) is 10.6. The van der Waals surface area contributed by atoms with Crippen LogP contribution < -0.4 is 0 Å². The minimum Gasteiger partial charge on any atom is -0.0874 e. The number of hydrogen-bond acceptors (Lipinski definition) is 0. The molecule has 0 aromatic rings. The molecule has 0 atom stereocenters.